The lowest BCUT2D eigenvalue weighted by Crippen LogP contribution is -2.22. The van der Waals surface area contributed by atoms with Gasteiger partial charge in [0.25, 0.3) is 0 Å². The van der Waals surface area contributed by atoms with Gasteiger partial charge in [-0.3, -0.25) is 4.79 Å². The van der Waals surface area contributed by atoms with Gasteiger partial charge < -0.3 is 5.11 Å². The molecule has 0 radical (unpaired) electrons. The molecule has 0 aliphatic rings. The van der Waals surface area contributed by atoms with Crippen LogP contribution in [0.2, 0.25) is 0 Å². The fourth-order valence-corrected chi connectivity index (χ4v) is 1.87. The molecule has 1 N–H and O–H groups in total. The van der Waals surface area contributed by atoms with E-state index >= 15 is 0 Å². The molecule has 1 rings (SSSR count). The largest absolute Gasteiger partial charge is 0.393 e. The molecule has 1 unspecified atom stereocenters. The maximum atomic E-state index is 10.5. The van der Waals surface area contributed by atoms with Crippen molar-refractivity contribution in [3.8, 4) is 0 Å². The van der Waals surface area contributed by atoms with Crippen molar-refractivity contribution in [3.63, 3.8) is 0 Å². The third kappa shape index (κ3) is 3.17. The molecule has 0 fully saturated rings. The van der Waals surface area contributed by atoms with Crippen LogP contribution in [0.5, 0.6) is 0 Å². The van der Waals surface area contributed by atoms with Crippen molar-refractivity contribution in [2.24, 2.45) is 0 Å². The van der Waals surface area contributed by atoms with Crippen molar-refractivity contribution in [1.29, 1.82) is 0 Å². The lowest BCUT2D eigenvalue weighted by molar-refractivity contribution is 0.112. The highest BCUT2D eigenvalue weighted by Crippen LogP contribution is 2.28. The van der Waals surface area contributed by atoms with Crippen molar-refractivity contribution in [3.05, 3.63) is 35.4 Å². The molecule has 0 spiro atoms. The van der Waals surface area contributed by atoms with Gasteiger partial charge >= 0.3 is 0 Å². The van der Waals surface area contributed by atoms with Crippen LogP contribution >= 0.6 is 0 Å². The Hall–Kier alpha value is -1.15. The summed E-state index contributed by atoms with van der Waals surface area (Å²) >= 11 is 0. The van der Waals surface area contributed by atoms with Crippen LogP contribution in [0.15, 0.2) is 24.3 Å². The normalized spacial score (nSPS) is 13.6. The zero-order chi connectivity index (χ0) is 11.5. The summed E-state index contributed by atoms with van der Waals surface area (Å²) in [5.74, 6) is 0. The Morgan fingerprint density at radius 2 is 1.87 bits per heavy atom. The van der Waals surface area contributed by atoms with Crippen LogP contribution < -0.4 is 0 Å². The summed E-state index contributed by atoms with van der Waals surface area (Å²) in [5.41, 5.74) is 1.77. The molecule has 2 heteroatoms. The van der Waals surface area contributed by atoms with Gasteiger partial charge in [0.1, 0.15) is 6.29 Å². The van der Waals surface area contributed by atoms with Gasteiger partial charge in [0, 0.05) is 5.56 Å². The van der Waals surface area contributed by atoms with Crippen molar-refractivity contribution >= 4 is 6.29 Å². The van der Waals surface area contributed by atoms with Crippen LogP contribution in [0.25, 0.3) is 0 Å². The first kappa shape index (κ1) is 11.9. The first-order valence-corrected chi connectivity index (χ1v) is 5.19. The number of rotatable bonds is 4. The fraction of sp³-hybridized carbons (Fsp3) is 0.462. The first-order valence-electron chi connectivity index (χ1n) is 5.19. The summed E-state index contributed by atoms with van der Waals surface area (Å²) in [6.07, 6.45) is 1.24. The molecule has 0 aromatic heterocycles. The van der Waals surface area contributed by atoms with Gasteiger partial charge in [0.2, 0.25) is 0 Å². The summed E-state index contributed by atoms with van der Waals surface area (Å²) in [6, 6.07) is 7.52. The van der Waals surface area contributed by atoms with Gasteiger partial charge in [-0.05, 0) is 24.3 Å². The maximum absolute atomic E-state index is 10.5. The average molecular weight is 206 g/mol. The highest BCUT2D eigenvalue weighted by molar-refractivity contribution is 5.74. The highest BCUT2D eigenvalue weighted by Gasteiger charge is 2.22. The van der Waals surface area contributed by atoms with Crippen LogP contribution in [0.1, 0.15) is 43.1 Å². The van der Waals surface area contributed by atoms with Crippen molar-refractivity contribution in [2.45, 2.75) is 38.7 Å². The summed E-state index contributed by atoms with van der Waals surface area (Å²) in [5, 5.41) is 9.39. The number of aldehydes is 1. The number of aliphatic hydroxyl groups is 1. The minimum absolute atomic E-state index is 0.0599. The fourth-order valence-electron chi connectivity index (χ4n) is 1.87. The molecule has 0 saturated heterocycles. The Bertz CT molecular complexity index is 323. The van der Waals surface area contributed by atoms with E-state index in [1.54, 1.807) is 6.92 Å². The van der Waals surface area contributed by atoms with Crippen molar-refractivity contribution in [2.75, 3.05) is 0 Å². The van der Waals surface area contributed by atoms with E-state index in [-0.39, 0.29) is 11.5 Å². The molecule has 0 aliphatic carbocycles. The number of carbonyl (C=O) groups excluding carboxylic acids is 1. The van der Waals surface area contributed by atoms with E-state index in [4.69, 9.17) is 0 Å². The number of benzene rings is 1. The van der Waals surface area contributed by atoms with Gasteiger partial charge in [-0.15, -0.1) is 0 Å². The number of hydrogen-bond donors (Lipinski definition) is 1. The Morgan fingerprint density at radius 1 is 1.33 bits per heavy atom. The molecule has 2 nitrogen and oxygen atoms in total. The van der Waals surface area contributed by atoms with Crippen molar-refractivity contribution < 1.29 is 9.90 Å². The third-order valence-electron chi connectivity index (χ3n) is 2.63. The summed E-state index contributed by atoms with van der Waals surface area (Å²) in [6.45, 7) is 5.98. The molecular formula is C13H18O2. The molecule has 0 bridgehead atoms. The van der Waals surface area contributed by atoms with Crippen molar-refractivity contribution in [1.82, 2.24) is 0 Å². The Morgan fingerprint density at radius 3 is 2.27 bits per heavy atom. The summed E-state index contributed by atoms with van der Waals surface area (Å²) in [4.78, 5) is 10.5. The van der Waals surface area contributed by atoms with Gasteiger partial charge in [-0.1, -0.05) is 38.1 Å². The van der Waals surface area contributed by atoms with Gasteiger partial charge in [0.15, 0.2) is 0 Å². The van der Waals surface area contributed by atoms with Crippen LogP contribution in [-0.2, 0) is 5.41 Å². The van der Waals surface area contributed by atoms with Crippen LogP contribution in [0.4, 0.5) is 0 Å². The Labute approximate surface area is 90.9 Å². The smallest absolute Gasteiger partial charge is 0.150 e. The van der Waals surface area contributed by atoms with E-state index in [9.17, 15) is 9.90 Å². The summed E-state index contributed by atoms with van der Waals surface area (Å²) < 4.78 is 0. The zero-order valence-electron chi connectivity index (χ0n) is 9.53. The molecule has 1 atom stereocenters. The Kier molecular flexibility index (Phi) is 3.64. The van der Waals surface area contributed by atoms with Crippen LogP contribution in [-0.4, -0.2) is 17.5 Å². The average Bonchev–Trinajstić information content (AvgIpc) is 2.16. The number of carbonyl (C=O) groups is 1. The van der Waals surface area contributed by atoms with E-state index in [2.05, 4.69) is 13.8 Å². The molecule has 15 heavy (non-hydrogen) atoms. The van der Waals surface area contributed by atoms with E-state index in [0.717, 1.165) is 11.8 Å². The van der Waals surface area contributed by atoms with Gasteiger partial charge in [0.05, 0.1) is 6.10 Å². The quantitative estimate of drug-likeness (QED) is 0.769. The van der Waals surface area contributed by atoms with Gasteiger partial charge in [-0.25, -0.2) is 0 Å². The minimum Gasteiger partial charge on any atom is -0.393 e. The third-order valence-corrected chi connectivity index (χ3v) is 2.63. The molecule has 1 aromatic carbocycles. The van der Waals surface area contributed by atoms with Crippen LogP contribution in [0.3, 0.4) is 0 Å². The molecule has 1 aromatic rings. The molecule has 0 aliphatic heterocycles. The predicted octanol–water partition coefficient (Wildman–Crippen LogP) is 2.55. The number of aliphatic hydroxyl groups excluding tert-OH is 1. The molecule has 0 heterocycles. The second kappa shape index (κ2) is 4.58. The second-order valence-electron chi connectivity index (χ2n) is 4.68. The molecule has 82 valence electrons. The van der Waals surface area contributed by atoms with E-state index < -0.39 is 0 Å². The first-order chi connectivity index (χ1) is 6.95. The van der Waals surface area contributed by atoms with Gasteiger partial charge in [-0.2, -0.15) is 0 Å². The topological polar surface area (TPSA) is 37.3 Å². The highest BCUT2D eigenvalue weighted by atomic mass is 16.3. The standard InChI is InChI=1S/C13H18O2/c1-10(15)8-13(2,3)12-6-4-11(9-14)5-7-12/h4-7,9-10,15H,8H2,1-3H3. The van der Waals surface area contributed by atoms with E-state index in [0.29, 0.717) is 12.0 Å². The zero-order valence-corrected chi connectivity index (χ0v) is 9.53. The maximum Gasteiger partial charge on any atom is 0.150 e. The van der Waals surface area contributed by atoms with E-state index in [1.807, 2.05) is 24.3 Å². The number of hydrogen-bond acceptors (Lipinski definition) is 2. The van der Waals surface area contributed by atoms with Crippen LogP contribution in [0, 0.1) is 0 Å². The Balaban J connectivity index is 2.89. The molecule has 0 saturated carbocycles. The monoisotopic (exact) mass is 206 g/mol. The molecule has 0 amide bonds. The lowest BCUT2D eigenvalue weighted by atomic mass is 9.80. The lowest BCUT2D eigenvalue weighted by Gasteiger charge is -2.26. The molecular weight excluding hydrogens is 188 g/mol. The van der Waals surface area contributed by atoms with E-state index in [1.165, 1.54) is 0 Å². The predicted molar refractivity (Wildman–Crippen MR) is 61.2 cm³/mol. The minimum atomic E-state index is -0.314. The SMILES string of the molecule is CC(O)CC(C)(C)c1ccc(C=O)cc1. The summed E-state index contributed by atoms with van der Waals surface area (Å²) in [7, 11) is 0. The second-order valence-corrected chi connectivity index (χ2v) is 4.68.